The van der Waals surface area contributed by atoms with Gasteiger partial charge in [-0.05, 0) is 41.0 Å². The molecule has 2 aromatic carbocycles. The van der Waals surface area contributed by atoms with Crippen LogP contribution in [0.2, 0.25) is 0 Å². The van der Waals surface area contributed by atoms with Crippen molar-refractivity contribution >= 4 is 22.5 Å². The molecule has 3 aromatic heterocycles. The van der Waals surface area contributed by atoms with Crippen LogP contribution in [-0.2, 0) is 0 Å². The fourth-order valence-electron chi connectivity index (χ4n) is 4.13. The Bertz CT molecular complexity index is 1440. The first kappa shape index (κ1) is 22.6. The van der Waals surface area contributed by atoms with Gasteiger partial charge in [-0.2, -0.15) is 0 Å². The van der Waals surface area contributed by atoms with Crippen LogP contribution >= 0.6 is 0 Å². The third kappa shape index (κ3) is 4.47. The van der Waals surface area contributed by atoms with Crippen LogP contribution < -0.4 is 4.90 Å². The normalized spacial score (nSPS) is 11.2. The van der Waals surface area contributed by atoms with Gasteiger partial charge in [-0.1, -0.05) is 48.5 Å². The minimum Gasteiger partial charge on any atom is -0.396 e. The summed E-state index contributed by atoms with van der Waals surface area (Å²) in [6.45, 7) is -0.345. The lowest BCUT2D eigenvalue weighted by Gasteiger charge is -2.21. The van der Waals surface area contributed by atoms with Crippen molar-refractivity contribution < 1.29 is 10.2 Å². The van der Waals surface area contributed by atoms with Gasteiger partial charge in [-0.15, -0.1) is 0 Å². The zero-order valence-electron chi connectivity index (χ0n) is 19.3. The molecule has 0 aliphatic carbocycles. The number of aliphatic hydroxyl groups excluding tert-OH is 2. The number of pyridine rings is 2. The molecule has 0 amide bonds. The molecule has 5 aromatic rings. The average molecular weight is 464 g/mol. The summed E-state index contributed by atoms with van der Waals surface area (Å²) in [4.78, 5) is 20.7. The molecule has 0 saturated heterocycles. The number of rotatable bonds is 7. The van der Waals surface area contributed by atoms with Crippen molar-refractivity contribution in [2.75, 3.05) is 25.2 Å². The van der Waals surface area contributed by atoms with Gasteiger partial charge in [0.1, 0.15) is 11.6 Å². The minimum absolute atomic E-state index is 0.172. The van der Waals surface area contributed by atoms with Crippen LogP contribution in [0.1, 0.15) is 11.5 Å². The molecule has 5 rings (SSSR count). The fraction of sp³-hybridized carbons (Fsp3) is 0.143. The highest BCUT2D eigenvalue weighted by Gasteiger charge is 2.19. The molecule has 0 bridgehead atoms. The van der Waals surface area contributed by atoms with Gasteiger partial charge < -0.3 is 15.1 Å². The van der Waals surface area contributed by atoms with E-state index in [0.717, 1.165) is 39.2 Å². The molecule has 0 radical (unpaired) electrons. The van der Waals surface area contributed by atoms with E-state index in [1.807, 2.05) is 66.5 Å². The summed E-state index contributed by atoms with van der Waals surface area (Å²) in [5.41, 5.74) is 4.33. The molecule has 0 atom stereocenters. The summed E-state index contributed by atoms with van der Waals surface area (Å²) in [6, 6.07) is 23.9. The average Bonchev–Trinajstić information content (AvgIpc) is 2.93. The first-order chi connectivity index (χ1) is 17.2. The summed E-state index contributed by atoms with van der Waals surface area (Å²) in [5, 5.41) is 20.2. The van der Waals surface area contributed by atoms with Crippen molar-refractivity contribution in [1.29, 1.82) is 0 Å². The first-order valence-corrected chi connectivity index (χ1v) is 11.4. The Labute approximate surface area is 203 Å². The van der Waals surface area contributed by atoms with E-state index in [4.69, 9.17) is 9.97 Å². The van der Waals surface area contributed by atoms with Gasteiger partial charge in [0.05, 0.1) is 24.1 Å². The number of hydrogen-bond donors (Lipinski definition) is 2. The smallest absolute Gasteiger partial charge is 0.163 e. The van der Waals surface area contributed by atoms with Crippen LogP contribution in [0.3, 0.4) is 0 Å². The van der Waals surface area contributed by atoms with E-state index >= 15 is 0 Å². The van der Waals surface area contributed by atoms with Crippen LogP contribution in [0.4, 0.5) is 11.6 Å². The molecule has 174 valence electrons. The largest absolute Gasteiger partial charge is 0.396 e. The van der Waals surface area contributed by atoms with Gasteiger partial charge in [0.2, 0.25) is 0 Å². The number of aromatic nitrogens is 4. The van der Waals surface area contributed by atoms with Crippen LogP contribution in [0.25, 0.3) is 33.4 Å². The quantitative estimate of drug-likeness (QED) is 0.364. The lowest BCUT2D eigenvalue weighted by molar-refractivity contribution is 0.192. The highest BCUT2D eigenvalue weighted by Crippen LogP contribution is 2.37. The number of hydrogen-bond acceptors (Lipinski definition) is 7. The van der Waals surface area contributed by atoms with Crippen LogP contribution in [0.15, 0.2) is 91.4 Å². The van der Waals surface area contributed by atoms with Crippen molar-refractivity contribution in [3.05, 3.63) is 97.0 Å². The minimum atomic E-state index is -0.414. The van der Waals surface area contributed by atoms with Crippen molar-refractivity contribution in [3.8, 4) is 22.5 Å². The van der Waals surface area contributed by atoms with Crippen molar-refractivity contribution in [2.24, 2.45) is 0 Å². The van der Waals surface area contributed by atoms with E-state index < -0.39 is 5.92 Å². The number of nitrogens with zero attached hydrogens (tertiary/aromatic N) is 5. The third-order valence-electron chi connectivity index (χ3n) is 6.03. The number of aliphatic hydroxyl groups is 2. The molecule has 2 N–H and O–H groups in total. The van der Waals surface area contributed by atoms with Crippen molar-refractivity contribution in [3.63, 3.8) is 0 Å². The molecule has 0 aliphatic heterocycles. The maximum atomic E-state index is 9.63. The van der Waals surface area contributed by atoms with Gasteiger partial charge >= 0.3 is 0 Å². The van der Waals surface area contributed by atoms with Gasteiger partial charge in [-0.3, -0.25) is 4.98 Å². The number of anilines is 2. The Kier molecular flexibility index (Phi) is 6.43. The molecule has 3 heterocycles. The molecule has 0 aliphatic rings. The molecule has 7 heteroatoms. The van der Waals surface area contributed by atoms with Gasteiger partial charge in [0.15, 0.2) is 5.82 Å². The Morgan fingerprint density at radius 3 is 2.37 bits per heavy atom. The zero-order chi connectivity index (χ0) is 24.2. The molecule has 0 unspecified atom stereocenters. The van der Waals surface area contributed by atoms with Crippen LogP contribution in [0, 0.1) is 0 Å². The Morgan fingerprint density at radius 1 is 0.829 bits per heavy atom. The summed E-state index contributed by atoms with van der Waals surface area (Å²) in [5.74, 6) is 1.57. The van der Waals surface area contributed by atoms with E-state index in [0.29, 0.717) is 11.4 Å². The second-order valence-electron chi connectivity index (χ2n) is 8.25. The van der Waals surface area contributed by atoms with E-state index in [1.165, 1.54) is 0 Å². The fourth-order valence-corrected chi connectivity index (χ4v) is 4.13. The van der Waals surface area contributed by atoms with Crippen LogP contribution in [0.5, 0.6) is 0 Å². The molecule has 35 heavy (non-hydrogen) atoms. The first-order valence-electron chi connectivity index (χ1n) is 11.4. The highest BCUT2D eigenvalue weighted by molar-refractivity contribution is 6.03. The predicted molar refractivity (Wildman–Crippen MR) is 137 cm³/mol. The van der Waals surface area contributed by atoms with Gasteiger partial charge in [0, 0.05) is 37.1 Å². The SMILES string of the molecule is CN(c1ccccn1)c1nc(-c2cncc(C(CO)CO)c2)nc2cccc(-c3ccccc3)c12. The van der Waals surface area contributed by atoms with Gasteiger partial charge in [0.25, 0.3) is 0 Å². The summed E-state index contributed by atoms with van der Waals surface area (Å²) < 4.78 is 0. The number of fused-ring (bicyclic) bond motifs is 1. The molecule has 0 spiro atoms. The number of benzene rings is 2. The highest BCUT2D eigenvalue weighted by atomic mass is 16.3. The van der Waals surface area contributed by atoms with E-state index in [-0.39, 0.29) is 13.2 Å². The second kappa shape index (κ2) is 9.97. The van der Waals surface area contributed by atoms with Crippen molar-refractivity contribution in [2.45, 2.75) is 5.92 Å². The molecule has 0 fully saturated rings. The van der Waals surface area contributed by atoms with Crippen LogP contribution in [-0.4, -0.2) is 50.4 Å². The lowest BCUT2D eigenvalue weighted by atomic mass is 9.99. The second-order valence-corrected chi connectivity index (χ2v) is 8.25. The van der Waals surface area contributed by atoms with E-state index in [1.54, 1.807) is 18.6 Å². The van der Waals surface area contributed by atoms with E-state index in [9.17, 15) is 10.2 Å². The van der Waals surface area contributed by atoms with E-state index in [2.05, 4.69) is 28.2 Å². The zero-order valence-corrected chi connectivity index (χ0v) is 19.3. The molecule has 7 nitrogen and oxygen atoms in total. The van der Waals surface area contributed by atoms with Crippen molar-refractivity contribution in [1.82, 2.24) is 19.9 Å². The molecule has 0 saturated carbocycles. The molecular formula is C28H25N5O2. The Hall–Kier alpha value is -4.20. The summed E-state index contributed by atoms with van der Waals surface area (Å²) in [6.07, 6.45) is 5.10. The monoisotopic (exact) mass is 463 g/mol. The topological polar surface area (TPSA) is 95.3 Å². The summed E-state index contributed by atoms with van der Waals surface area (Å²) in [7, 11) is 1.94. The summed E-state index contributed by atoms with van der Waals surface area (Å²) >= 11 is 0. The Balaban J connectivity index is 1.75. The Morgan fingerprint density at radius 2 is 1.63 bits per heavy atom. The van der Waals surface area contributed by atoms with Gasteiger partial charge in [-0.25, -0.2) is 15.0 Å². The lowest BCUT2D eigenvalue weighted by Crippen LogP contribution is -2.14. The standard InChI is InChI=1S/C28H25N5O2/c1-33(25-12-5-6-13-30-25)28-26-23(19-8-3-2-4-9-19)10-7-11-24(26)31-27(32-28)21-14-20(15-29-16-21)22(17-34)18-35/h2-16,22,34-35H,17-18H2,1H3. The predicted octanol–water partition coefficient (Wildman–Crippen LogP) is 4.59. The maximum Gasteiger partial charge on any atom is 0.163 e. The molecular weight excluding hydrogens is 438 g/mol. The maximum absolute atomic E-state index is 9.63. The third-order valence-corrected chi connectivity index (χ3v) is 6.03.